The van der Waals surface area contributed by atoms with Crippen molar-refractivity contribution in [3.05, 3.63) is 27.7 Å². The molecule has 106 valence electrons. The number of ether oxygens (including phenoxy) is 2. The number of carbonyl (C=O) groups is 1. The van der Waals surface area contributed by atoms with E-state index in [9.17, 15) is 27.2 Å². The van der Waals surface area contributed by atoms with Gasteiger partial charge in [-0.1, -0.05) is 0 Å². The fraction of sp³-hybridized carbons (Fsp3) is 0.400. The summed E-state index contributed by atoms with van der Waals surface area (Å²) in [5, 5.41) is 0. The Kier molecular flexibility index (Phi) is 4.52. The van der Waals surface area contributed by atoms with Crippen LogP contribution in [0.1, 0.15) is 23.0 Å². The summed E-state index contributed by atoms with van der Waals surface area (Å²) in [5.74, 6) is -2.38. The van der Waals surface area contributed by atoms with Crippen molar-refractivity contribution < 1.29 is 31.8 Å². The van der Waals surface area contributed by atoms with Crippen LogP contribution in [0.3, 0.4) is 0 Å². The van der Waals surface area contributed by atoms with E-state index in [1.54, 1.807) is 0 Å². The molecule has 0 aliphatic rings. The van der Waals surface area contributed by atoms with E-state index in [0.717, 1.165) is 0 Å². The zero-order valence-electron chi connectivity index (χ0n) is 9.64. The average molecular weight is 283 g/mol. The van der Waals surface area contributed by atoms with Crippen LogP contribution in [0, 0.1) is 0 Å². The van der Waals surface area contributed by atoms with Gasteiger partial charge in [0, 0.05) is 6.20 Å². The number of halogens is 4. The van der Waals surface area contributed by atoms with Gasteiger partial charge in [-0.25, -0.2) is 9.18 Å². The number of H-pyrrole nitrogens is 1. The topological polar surface area (TPSA) is 68.4 Å². The highest BCUT2D eigenvalue weighted by Crippen LogP contribution is 2.20. The van der Waals surface area contributed by atoms with Crippen molar-refractivity contribution in [1.29, 1.82) is 0 Å². The Morgan fingerprint density at radius 1 is 1.42 bits per heavy atom. The number of carbonyl (C=O) groups excluding carboxylic acids is 1. The minimum absolute atomic E-state index is 0.117. The van der Waals surface area contributed by atoms with Gasteiger partial charge < -0.3 is 14.5 Å². The van der Waals surface area contributed by atoms with Crippen LogP contribution in [0.4, 0.5) is 17.6 Å². The molecular formula is C10H9F4NO4. The second-order valence-electron chi connectivity index (χ2n) is 3.24. The van der Waals surface area contributed by atoms with E-state index in [1.807, 2.05) is 0 Å². The fourth-order valence-corrected chi connectivity index (χ4v) is 1.28. The highest BCUT2D eigenvalue weighted by Gasteiger charge is 2.33. The molecule has 0 aliphatic carbocycles. The molecule has 0 bridgehead atoms. The predicted molar refractivity (Wildman–Crippen MR) is 54.5 cm³/mol. The Morgan fingerprint density at radius 2 is 2.05 bits per heavy atom. The zero-order valence-corrected chi connectivity index (χ0v) is 9.64. The Hall–Kier alpha value is -2.06. The van der Waals surface area contributed by atoms with E-state index in [2.05, 4.69) is 14.5 Å². The van der Waals surface area contributed by atoms with Crippen LogP contribution >= 0.6 is 0 Å². The summed E-state index contributed by atoms with van der Waals surface area (Å²) in [7, 11) is 0. The number of alkyl halides is 4. The van der Waals surface area contributed by atoms with Crippen molar-refractivity contribution in [2.75, 3.05) is 6.61 Å². The van der Waals surface area contributed by atoms with Gasteiger partial charge in [-0.3, -0.25) is 4.79 Å². The number of aromatic amines is 1. The SMILES string of the molecule is CCOC(=O)c1c(CF)[nH]cc(OC(F)(F)F)c1=O. The number of esters is 1. The second-order valence-corrected chi connectivity index (χ2v) is 3.24. The van der Waals surface area contributed by atoms with Gasteiger partial charge in [0.15, 0.2) is 5.75 Å². The average Bonchev–Trinajstić information content (AvgIpc) is 2.30. The minimum atomic E-state index is -5.10. The van der Waals surface area contributed by atoms with Crippen molar-refractivity contribution in [3.8, 4) is 5.75 Å². The van der Waals surface area contributed by atoms with Crippen LogP contribution in [0.2, 0.25) is 0 Å². The van der Waals surface area contributed by atoms with Crippen molar-refractivity contribution in [2.45, 2.75) is 20.0 Å². The summed E-state index contributed by atoms with van der Waals surface area (Å²) in [6, 6.07) is 0. The fourth-order valence-electron chi connectivity index (χ4n) is 1.28. The third kappa shape index (κ3) is 3.70. The first-order valence-corrected chi connectivity index (χ1v) is 5.03. The lowest BCUT2D eigenvalue weighted by atomic mass is 10.2. The number of rotatable bonds is 4. The summed E-state index contributed by atoms with van der Waals surface area (Å²) in [5.41, 5.74) is -2.70. The van der Waals surface area contributed by atoms with Crippen LogP contribution in [0.25, 0.3) is 0 Å². The maximum absolute atomic E-state index is 12.6. The zero-order chi connectivity index (χ0) is 14.6. The lowest BCUT2D eigenvalue weighted by Gasteiger charge is -2.11. The van der Waals surface area contributed by atoms with Gasteiger partial charge in [0.05, 0.1) is 12.3 Å². The van der Waals surface area contributed by atoms with Gasteiger partial charge in [0.1, 0.15) is 12.2 Å². The third-order valence-corrected chi connectivity index (χ3v) is 1.97. The molecule has 1 aromatic rings. The molecule has 0 radical (unpaired) electrons. The first kappa shape index (κ1) is 15.0. The van der Waals surface area contributed by atoms with Gasteiger partial charge in [-0.2, -0.15) is 0 Å². The second kappa shape index (κ2) is 5.72. The normalized spacial score (nSPS) is 11.2. The predicted octanol–water partition coefficient (Wildman–Crippen LogP) is 1.92. The largest absolute Gasteiger partial charge is 0.573 e. The molecule has 0 fully saturated rings. The van der Waals surface area contributed by atoms with E-state index in [1.165, 1.54) is 6.92 Å². The number of pyridine rings is 1. The van der Waals surface area contributed by atoms with Crippen molar-refractivity contribution in [3.63, 3.8) is 0 Å². The molecule has 0 unspecified atom stereocenters. The van der Waals surface area contributed by atoms with Crippen LogP contribution in [-0.4, -0.2) is 23.9 Å². The maximum Gasteiger partial charge on any atom is 0.573 e. The van der Waals surface area contributed by atoms with Gasteiger partial charge in [0.25, 0.3) is 0 Å². The quantitative estimate of drug-likeness (QED) is 0.677. The van der Waals surface area contributed by atoms with Gasteiger partial charge in [-0.05, 0) is 6.92 Å². The molecule has 1 aromatic heterocycles. The van der Waals surface area contributed by atoms with Crippen molar-refractivity contribution in [2.24, 2.45) is 0 Å². The van der Waals surface area contributed by atoms with Crippen molar-refractivity contribution >= 4 is 5.97 Å². The molecule has 0 aliphatic heterocycles. The smallest absolute Gasteiger partial charge is 0.462 e. The first-order chi connectivity index (χ1) is 8.80. The molecule has 9 heteroatoms. The minimum Gasteiger partial charge on any atom is -0.462 e. The Balaban J connectivity index is 3.30. The Bertz CT molecular complexity index is 523. The number of hydrogen-bond acceptors (Lipinski definition) is 4. The molecule has 1 heterocycles. The van der Waals surface area contributed by atoms with E-state index < -0.39 is 41.4 Å². The van der Waals surface area contributed by atoms with E-state index in [-0.39, 0.29) is 6.61 Å². The summed E-state index contributed by atoms with van der Waals surface area (Å²) in [4.78, 5) is 25.1. The highest BCUT2D eigenvalue weighted by molar-refractivity contribution is 5.90. The number of aromatic nitrogens is 1. The molecule has 19 heavy (non-hydrogen) atoms. The molecule has 0 aromatic carbocycles. The van der Waals surface area contributed by atoms with E-state index >= 15 is 0 Å². The molecule has 5 nitrogen and oxygen atoms in total. The summed E-state index contributed by atoms with van der Waals surface area (Å²) in [6.45, 7) is 0.0707. The molecule has 0 spiro atoms. The Labute approximate surface area is 104 Å². The first-order valence-electron chi connectivity index (χ1n) is 5.03. The van der Waals surface area contributed by atoms with Crippen LogP contribution < -0.4 is 10.2 Å². The maximum atomic E-state index is 12.6. The standard InChI is InChI=1S/C10H9F4NO4/c1-2-18-9(17)7-5(3-11)15-4-6(8(7)16)19-10(12,13)14/h4H,2-3H2,1H3,(H,15,16). The van der Waals surface area contributed by atoms with Gasteiger partial charge >= 0.3 is 12.3 Å². The number of hydrogen-bond donors (Lipinski definition) is 1. The molecular weight excluding hydrogens is 274 g/mol. The summed E-state index contributed by atoms with van der Waals surface area (Å²) in [6.07, 6.45) is -4.57. The molecule has 0 atom stereocenters. The molecule has 0 saturated carbocycles. The van der Waals surface area contributed by atoms with Crippen LogP contribution in [-0.2, 0) is 11.4 Å². The van der Waals surface area contributed by atoms with Crippen molar-refractivity contribution in [1.82, 2.24) is 4.98 Å². The van der Waals surface area contributed by atoms with Gasteiger partial charge in [-0.15, -0.1) is 13.2 Å². The van der Waals surface area contributed by atoms with E-state index in [0.29, 0.717) is 6.20 Å². The summed E-state index contributed by atoms with van der Waals surface area (Å²) >= 11 is 0. The highest BCUT2D eigenvalue weighted by atomic mass is 19.4. The lowest BCUT2D eigenvalue weighted by Crippen LogP contribution is -2.27. The lowest BCUT2D eigenvalue weighted by molar-refractivity contribution is -0.275. The monoisotopic (exact) mass is 283 g/mol. The van der Waals surface area contributed by atoms with Crippen LogP contribution in [0.15, 0.2) is 11.0 Å². The molecule has 1 rings (SSSR count). The summed E-state index contributed by atoms with van der Waals surface area (Å²) < 4.78 is 56.6. The molecule has 0 amide bonds. The number of nitrogens with one attached hydrogen (secondary N) is 1. The van der Waals surface area contributed by atoms with E-state index in [4.69, 9.17) is 0 Å². The van der Waals surface area contributed by atoms with Crippen LogP contribution in [0.5, 0.6) is 5.75 Å². The Morgan fingerprint density at radius 3 is 2.53 bits per heavy atom. The molecule has 1 N–H and O–H groups in total. The third-order valence-electron chi connectivity index (χ3n) is 1.97. The van der Waals surface area contributed by atoms with Gasteiger partial charge in [0.2, 0.25) is 5.43 Å². The molecule has 0 saturated heterocycles.